The predicted molar refractivity (Wildman–Crippen MR) is 76.5 cm³/mol. The molecule has 0 saturated heterocycles. The Labute approximate surface area is 117 Å². The van der Waals surface area contributed by atoms with Crippen LogP contribution in [0.3, 0.4) is 0 Å². The van der Waals surface area contributed by atoms with Crippen LogP contribution in [-0.4, -0.2) is 45.3 Å². The van der Waals surface area contributed by atoms with Gasteiger partial charge in [-0.25, -0.2) is 0 Å². The number of hydrogen-bond donors (Lipinski definition) is 2. The Morgan fingerprint density at radius 3 is 2.95 bits per heavy atom. The van der Waals surface area contributed by atoms with E-state index in [4.69, 9.17) is 0 Å². The Balaban J connectivity index is 1.76. The molecule has 5 heteroatoms. The number of nitrogens with one attached hydrogen (secondary N) is 1. The SMILES string of the molecule is CN(CC1(O)CCCC1)C(=O)c1ccc2[nH]ncc2c1. The van der Waals surface area contributed by atoms with Gasteiger partial charge in [-0.1, -0.05) is 12.8 Å². The molecule has 106 valence electrons. The zero-order valence-electron chi connectivity index (χ0n) is 11.6. The fraction of sp³-hybridized carbons (Fsp3) is 0.467. The monoisotopic (exact) mass is 273 g/mol. The number of amides is 1. The number of likely N-dealkylation sites (N-methyl/N-ethyl adjacent to an activating group) is 1. The van der Waals surface area contributed by atoms with E-state index < -0.39 is 5.60 Å². The lowest BCUT2D eigenvalue weighted by molar-refractivity contribution is 0.0157. The number of aliphatic hydroxyl groups is 1. The molecule has 0 atom stereocenters. The van der Waals surface area contributed by atoms with E-state index >= 15 is 0 Å². The van der Waals surface area contributed by atoms with Gasteiger partial charge in [-0.3, -0.25) is 9.89 Å². The lowest BCUT2D eigenvalue weighted by Gasteiger charge is -2.28. The van der Waals surface area contributed by atoms with E-state index in [9.17, 15) is 9.90 Å². The van der Waals surface area contributed by atoms with Crippen molar-refractivity contribution in [3.05, 3.63) is 30.0 Å². The summed E-state index contributed by atoms with van der Waals surface area (Å²) in [6, 6.07) is 5.47. The number of carbonyl (C=O) groups excluding carboxylic acids is 1. The van der Waals surface area contributed by atoms with Crippen LogP contribution in [0.4, 0.5) is 0 Å². The molecular weight excluding hydrogens is 254 g/mol. The molecule has 0 spiro atoms. The zero-order valence-corrected chi connectivity index (χ0v) is 11.6. The summed E-state index contributed by atoms with van der Waals surface area (Å²) in [6.07, 6.45) is 5.35. The van der Waals surface area contributed by atoms with Crippen LogP contribution in [0.15, 0.2) is 24.4 Å². The molecule has 3 rings (SSSR count). The van der Waals surface area contributed by atoms with Crippen LogP contribution in [0.1, 0.15) is 36.0 Å². The van der Waals surface area contributed by atoms with Crippen LogP contribution >= 0.6 is 0 Å². The average molecular weight is 273 g/mol. The Morgan fingerprint density at radius 2 is 2.20 bits per heavy atom. The van der Waals surface area contributed by atoms with Crippen LogP contribution in [0, 0.1) is 0 Å². The second-order valence-electron chi connectivity index (χ2n) is 5.76. The molecule has 1 saturated carbocycles. The summed E-state index contributed by atoms with van der Waals surface area (Å²) in [7, 11) is 1.75. The van der Waals surface area contributed by atoms with Crippen molar-refractivity contribution in [1.82, 2.24) is 15.1 Å². The highest BCUT2D eigenvalue weighted by atomic mass is 16.3. The molecule has 0 unspecified atom stereocenters. The van der Waals surface area contributed by atoms with E-state index in [0.29, 0.717) is 12.1 Å². The molecular formula is C15H19N3O2. The third kappa shape index (κ3) is 2.41. The van der Waals surface area contributed by atoms with Crippen molar-refractivity contribution in [3.8, 4) is 0 Å². The second kappa shape index (κ2) is 4.90. The smallest absolute Gasteiger partial charge is 0.253 e. The maximum atomic E-state index is 12.4. The Hall–Kier alpha value is -1.88. The van der Waals surface area contributed by atoms with Crippen LogP contribution in [0.25, 0.3) is 10.9 Å². The predicted octanol–water partition coefficient (Wildman–Crippen LogP) is 1.94. The van der Waals surface area contributed by atoms with Crippen molar-refractivity contribution in [2.45, 2.75) is 31.3 Å². The number of hydrogen-bond acceptors (Lipinski definition) is 3. The highest BCUT2D eigenvalue weighted by Crippen LogP contribution is 2.30. The Bertz CT molecular complexity index is 629. The first kappa shape index (κ1) is 13.1. The number of carbonyl (C=O) groups is 1. The Morgan fingerprint density at radius 1 is 1.45 bits per heavy atom. The molecule has 1 fully saturated rings. The number of benzene rings is 1. The first-order valence-corrected chi connectivity index (χ1v) is 6.98. The second-order valence-corrected chi connectivity index (χ2v) is 5.76. The van der Waals surface area contributed by atoms with Crippen LogP contribution in [-0.2, 0) is 0 Å². The molecule has 1 heterocycles. The van der Waals surface area contributed by atoms with E-state index in [0.717, 1.165) is 36.6 Å². The van der Waals surface area contributed by atoms with Crippen LogP contribution in [0.5, 0.6) is 0 Å². The lowest BCUT2D eigenvalue weighted by Crippen LogP contribution is -2.42. The number of H-pyrrole nitrogens is 1. The van der Waals surface area contributed by atoms with E-state index in [2.05, 4.69) is 10.2 Å². The summed E-state index contributed by atoms with van der Waals surface area (Å²) in [5, 5.41) is 18.1. The average Bonchev–Trinajstić information content (AvgIpc) is 3.05. The van der Waals surface area contributed by atoms with Gasteiger partial charge >= 0.3 is 0 Å². The summed E-state index contributed by atoms with van der Waals surface area (Å²) >= 11 is 0. The molecule has 2 N–H and O–H groups in total. The molecule has 1 aromatic carbocycles. The quantitative estimate of drug-likeness (QED) is 0.898. The fourth-order valence-electron chi connectivity index (χ4n) is 3.00. The summed E-state index contributed by atoms with van der Waals surface area (Å²) in [4.78, 5) is 14.0. The fourth-order valence-corrected chi connectivity index (χ4v) is 3.00. The topological polar surface area (TPSA) is 69.2 Å². The van der Waals surface area contributed by atoms with E-state index in [1.165, 1.54) is 0 Å². The van der Waals surface area contributed by atoms with Gasteiger partial charge in [0.25, 0.3) is 5.91 Å². The molecule has 1 aliphatic carbocycles. The number of rotatable bonds is 3. The standard InChI is InChI=1S/C15H19N3O2/c1-18(10-15(20)6-2-3-7-15)14(19)11-4-5-13-12(8-11)9-16-17-13/h4-5,8-9,20H,2-3,6-7,10H2,1H3,(H,16,17). The third-order valence-electron chi connectivity index (χ3n) is 4.10. The highest BCUT2D eigenvalue weighted by Gasteiger charge is 2.33. The minimum atomic E-state index is -0.704. The van der Waals surface area contributed by atoms with Gasteiger partial charge in [0, 0.05) is 24.5 Å². The highest BCUT2D eigenvalue weighted by molar-refractivity contribution is 5.97. The van der Waals surface area contributed by atoms with Gasteiger partial charge in [0.05, 0.1) is 17.3 Å². The van der Waals surface area contributed by atoms with E-state index in [1.807, 2.05) is 12.1 Å². The summed E-state index contributed by atoms with van der Waals surface area (Å²) in [5.74, 6) is -0.0616. The van der Waals surface area contributed by atoms with Crippen molar-refractivity contribution < 1.29 is 9.90 Å². The van der Waals surface area contributed by atoms with Gasteiger partial charge in [-0.2, -0.15) is 5.10 Å². The van der Waals surface area contributed by atoms with Gasteiger partial charge in [0.2, 0.25) is 0 Å². The van der Waals surface area contributed by atoms with Crippen molar-refractivity contribution in [2.24, 2.45) is 0 Å². The van der Waals surface area contributed by atoms with Gasteiger partial charge in [0.1, 0.15) is 0 Å². The number of aromatic nitrogens is 2. The number of fused-ring (bicyclic) bond motifs is 1. The maximum absolute atomic E-state index is 12.4. The maximum Gasteiger partial charge on any atom is 0.253 e. The molecule has 1 amide bonds. The van der Waals surface area contributed by atoms with Crippen LogP contribution in [0.2, 0.25) is 0 Å². The van der Waals surface area contributed by atoms with Gasteiger partial charge < -0.3 is 10.0 Å². The normalized spacial score (nSPS) is 17.5. The largest absolute Gasteiger partial charge is 0.388 e. The molecule has 0 bridgehead atoms. The summed E-state index contributed by atoms with van der Waals surface area (Å²) in [6.45, 7) is 0.398. The molecule has 1 aliphatic rings. The van der Waals surface area contributed by atoms with Gasteiger partial charge in [0.15, 0.2) is 0 Å². The van der Waals surface area contributed by atoms with Crippen molar-refractivity contribution in [3.63, 3.8) is 0 Å². The van der Waals surface area contributed by atoms with E-state index in [-0.39, 0.29) is 5.91 Å². The van der Waals surface area contributed by atoms with Gasteiger partial charge in [-0.05, 0) is 31.0 Å². The van der Waals surface area contributed by atoms with Crippen molar-refractivity contribution in [2.75, 3.05) is 13.6 Å². The zero-order chi connectivity index (χ0) is 14.2. The third-order valence-corrected chi connectivity index (χ3v) is 4.10. The van der Waals surface area contributed by atoms with Crippen LogP contribution < -0.4 is 0 Å². The minimum absolute atomic E-state index is 0.0616. The molecule has 20 heavy (non-hydrogen) atoms. The van der Waals surface area contributed by atoms with Crippen molar-refractivity contribution in [1.29, 1.82) is 0 Å². The summed E-state index contributed by atoms with van der Waals surface area (Å²) < 4.78 is 0. The molecule has 2 aromatic rings. The first-order valence-electron chi connectivity index (χ1n) is 6.98. The van der Waals surface area contributed by atoms with Crippen molar-refractivity contribution >= 4 is 16.8 Å². The lowest BCUT2D eigenvalue weighted by atomic mass is 10.0. The number of nitrogens with zero attached hydrogens (tertiary/aromatic N) is 2. The molecule has 0 aliphatic heterocycles. The molecule has 1 aromatic heterocycles. The molecule has 5 nitrogen and oxygen atoms in total. The first-order chi connectivity index (χ1) is 9.57. The minimum Gasteiger partial charge on any atom is -0.388 e. The molecule has 0 radical (unpaired) electrons. The van der Waals surface area contributed by atoms with E-state index in [1.54, 1.807) is 24.2 Å². The van der Waals surface area contributed by atoms with Gasteiger partial charge in [-0.15, -0.1) is 0 Å². The number of aromatic amines is 1. The Kier molecular flexibility index (Phi) is 3.22. The summed E-state index contributed by atoms with van der Waals surface area (Å²) in [5.41, 5.74) is 0.839.